The predicted octanol–water partition coefficient (Wildman–Crippen LogP) is 3.35. The zero-order valence-electron chi connectivity index (χ0n) is 15.9. The fourth-order valence-corrected chi connectivity index (χ4v) is 4.50. The number of hydrogen-bond donors (Lipinski definition) is 2. The van der Waals surface area contributed by atoms with Crippen molar-refractivity contribution in [1.29, 1.82) is 0 Å². The van der Waals surface area contributed by atoms with Crippen molar-refractivity contribution in [1.82, 2.24) is 4.98 Å². The standard InChI is InChI=1S/C21H20AsNO6/c1-12(21(26)27)22-20(25)18-19(24)15-9-8-14(29-13-6-4-3-5-7-13)10-16(15)17(23-18)11-28-2/h3-10,12,22,24H,11H2,1-2H3,(H,26,27)/t12-/m1/s1. The first-order valence-electron chi connectivity index (χ1n) is 8.81. The molecule has 3 rings (SSSR count). The van der Waals surface area contributed by atoms with Crippen molar-refractivity contribution in [3.8, 4) is 17.2 Å². The number of aliphatic carboxylic acids is 1. The maximum atomic E-state index is 12.6. The van der Waals surface area contributed by atoms with Crippen molar-refractivity contribution in [2.75, 3.05) is 7.11 Å². The van der Waals surface area contributed by atoms with E-state index in [9.17, 15) is 14.7 Å². The Morgan fingerprint density at radius 2 is 1.83 bits per heavy atom. The number of hydrogen-bond acceptors (Lipinski definition) is 6. The van der Waals surface area contributed by atoms with Gasteiger partial charge in [0.2, 0.25) is 0 Å². The number of benzene rings is 2. The van der Waals surface area contributed by atoms with Crippen molar-refractivity contribution < 1.29 is 29.3 Å². The van der Waals surface area contributed by atoms with Gasteiger partial charge in [0.1, 0.15) is 0 Å². The van der Waals surface area contributed by atoms with Gasteiger partial charge in [0.25, 0.3) is 0 Å². The van der Waals surface area contributed by atoms with E-state index >= 15 is 0 Å². The van der Waals surface area contributed by atoms with Crippen LogP contribution in [0, 0.1) is 0 Å². The molecule has 7 nitrogen and oxygen atoms in total. The Morgan fingerprint density at radius 3 is 2.48 bits per heavy atom. The molecule has 0 saturated carbocycles. The van der Waals surface area contributed by atoms with Crippen LogP contribution in [0.25, 0.3) is 10.8 Å². The Kier molecular flexibility index (Phi) is 6.52. The SMILES string of the molecule is COCc1nc(C(=O)[AsH][C@H](C)C(=O)O)c(O)c2ccc(Oc3ccccc3)cc12. The second-order valence-corrected chi connectivity index (χ2v) is 9.72. The first kappa shape index (κ1) is 20.8. The molecule has 0 amide bonds. The van der Waals surface area contributed by atoms with Crippen LogP contribution in [0.4, 0.5) is 0 Å². The number of carbonyl (C=O) groups excluding carboxylic acids is 1. The summed E-state index contributed by atoms with van der Waals surface area (Å²) in [6, 6.07) is 14.3. The van der Waals surface area contributed by atoms with Crippen molar-refractivity contribution in [2.45, 2.75) is 18.2 Å². The molecule has 0 aliphatic rings. The molecule has 0 bridgehead atoms. The van der Waals surface area contributed by atoms with Gasteiger partial charge in [-0.1, -0.05) is 0 Å². The minimum atomic E-state index is -1.54. The first-order valence-corrected chi connectivity index (χ1v) is 11.1. The van der Waals surface area contributed by atoms with Gasteiger partial charge in [-0.15, -0.1) is 0 Å². The molecule has 3 aromatic rings. The van der Waals surface area contributed by atoms with Crippen LogP contribution in [-0.2, 0) is 16.1 Å². The quantitative estimate of drug-likeness (QED) is 0.500. The van der Waals surface area contributed by atoms with Crippen LogP contribution in [0.1, 0.15) is 23.1 Å². The number of aromatic nitrogens is 1. The summed E-state index contributed by atoms with van der Waals surface area (Å²) in [6.45, 7) is 1.61. The van der Waals surface area contributed by atoms with Crippen molar-refractivity contribution in [3.05, 3.63) is 59.9 Å². The number of rotatable bonds is 8. The first-order chi connectivity index (χ1) is 13.9. The number of methoxy groups -OCH3 is 1. The third-order valence-electron chi connectivity index (χ3n) is 4.22. The molecule has 1 unspecified atom stereocenters. The number of para-hydroxylation sites is 1. The van der Waals surface area contributed by atoms with Gasteiger partial charge in [-0.2, -0.15) is 0 Å². The summed E-state index contributed by atoms with van der Waals surface area (Å²) in [4.78, 5) is 28.0. The Bertz CT molecular complexity index is 1050. The Morgan fingerprint density at radius 1 is 1.10 bits per heavy atom. The number of aromatic hydroxyl groups is 1. The summed E-state index contributed by atoms with van der Waals surface area (Å²) in [7, 11) is 1.51. The van der Waals surface area contributed by atoms with Gasteiger partial charge >= 0.3 is 174 Å². The topological polar surface area (TPSA) is 106 Å². The van der Waals surface area contributed by atoms with Crippen LogP contribution in [-0.4, -0.2) is 48.6 Å². The van der Waals surface area contributed by atoms with Crippen LogP contribution in [0.3, 0.4) is 0 Å². The van der Waals surface area contributed by atoms with Gasteiger partial charge in [-0.3, -0.25) is 0 Å². The molecule has 29 heavy (non-hydrogen) atoms. The molecule has 150 valence electrons. The van der Waals surface area contributed by atoms with Crippen molar-refractivity contribution in [2.24, 2.45) is 0 Å². The zero-order chi connectivity index (χ0) is 21.0. The average molecular weight is 457 g/mol. The van der Waals surface area contributed by atoms with Crippen molar-refractivity contribution in [3.63, 3.8) is 0 Å². The molecule has 1 heterocycles. The number of ether oxygens (including phenoxy) is 2. The molecule has 0 spiro atoms. The molecular formula is C21H20AsNO6. The second-order valence-electron chi connectivity index (χ2n) is 6.34. The van der Waals surface area contributed by atoms with Crippen molar-refractivity contribution >= 4 is 37.1 Å². The Labute approximate surface area is 174 Å². The molecular weight excluding hydrogens is 437 g/mol. The second kappa shape index (κ2) is 9.07. The van der Waals surface area contributed by atoms with E-state index in [4.69, 9.17) is 14.6 Å². The average Bonchev–Trinajstić information content (AvgIpc) is 2.70. The summed E-state index contributed by atoms with van der Waals surface area (Å²) < 4.78 is 9.87. The Hall–Kier alpha value is -2.89. The van der Waals surface area contributed by atoms with Gasteiger partial charge in [0, 0.05) is 0 Å². The number of pyridine rings is 1. The van der Waals surface area contributed by atoms with E-state index in [2.05, 4.69) is 4.98 Å². The van der Waals surface area contributed by atoms with E-state index in [1.54, 1.807) is 18.2 Å². The molecule has 0 fully saturated rings. The number of carbonyl (C=O) groups is 2. The van der Waals surface area contributed by atoms with Crippen LogP contribution in [0.5, 0.6) is 17.2 Å². The third-order valence-corrected chi connectivity index (χ3v) is 6.69. The van der Waals surface area contributed by atoms with E-state index in [-0.39, 0.29) is 18.1 Å². The van der Waals surface area contributed by atoms with Gasteiger partial charge in [0.15, 0.2) is 0 Å². The molecule has 2 aromatic carbocycles. The number of carboxylic acid groups (broad SMARTS) is 1. The normalized spacial score (nSPS) is 12.3. The summed E-state index contributed by atoms with van der Waals surface area (Å²) >= 11 is -1.54. The van der Waals surface area contributed by atoms with E-state index < -0.39 is 31.0 Å². The molecule has 0 aliphatic heterocycles. The molecule has 0 radical (unpaired) electrons. The summed E-state index contributed by atoms with van der Waals surface area (Å²) in [5, 5.41) is 20.8. The van der Waals surface area contributed by atoms with Crippen LogP contribution < -0.4 is 4.74 Å². The van der Waals surface area contributed by atoms with E-state index in [0.29, 0.717) is 28.0 Å². The van der Waals surface area contributed by atoms with E-state index in [1.165, 1.54) is 14.0 Å². The maximum absolute atomic E-state index is 12.6. The minimum absolute atomic E-state index is 0.102. The van der Waals surface area contributed by atoms with Crippen LogP contribution in [0.2, 0.25) is 4.71 Å². The van der Waals surface area contributed by atoms with Gasteiger partial charge < -0.3 is 0 Å². The predicted molar refractivity (Wildman–Crippen MR) is 109 cm³/mol. The molecule has 1 aromatic heterocycles. The van der Waals surface area contributed by atoms with Gasteiger partial charge in [-0.25, -0.2) is 0 Å². The number of nitrogens with zero attached hydrogens (tertiary/aromatic N) is 1. The third kappa shape index (κ3) is 4.75. The number of carboxylic acids is 1. The van der Waals surface area contributed by atoms with Gasteiger partial charge in [0.05, 0.1) is 0 Å². The molecule has 8 heteroatoms. The van der Waals surface area contributed by atoms with E-state index in [0.717, 1.165) is 0 Å². The van der Waals surface area contributed by atoms with Crippen LogP contribution in [0.15, 0.2) is 48.5 Å². The van der Waals surface area contributed by atoms with Crippen LogP contribution >= 0.6 is 0 Å². The molecule has 0 saturated heterocycles. The monoisotopic (exact) mass is 457 g/mol. The zero-order valence-corrected chi connectivity index (χ0v) is 18.0. The van der Waals surface area contributed by atoms with Gasteiger partial charge in [-0.05, 0) is 0 Å². The molecule has 2 atom stereocenters. The summed E-state index contributed by atoms with van der Waals surface area (Å²) in [6.07, 6.45) is 0. The fraction of sp³-hybridized carbons (Fsp3) is 0.190. The van der Waals surface area contributed by atoms with E-state index in [1.807, 2.05) is 30.3 Å². The summed E-state index contributed by atoms with van der Waals surface area (Å²) in [5.41, 5.74) is 0.367. The fourth-order valence-electron chi connectivity index (χ4n) is 2.76. The molecule has 2 N–H and O–H groups in total. The Balaban J connectivity index is 2.03. The summed E-state index contributed by atoms with van der Waals surface area (Å²) in [5.74, 6) is -0.0673. The number of fused-ring (bicyclic) bond motifs is 1. The molecule has 0 aliphatic carbocycles.